The van der Waals surface area contributed by atoms with Crippen molar-refractivity contribution in [2.24, 2.45) is 0 Å². The van der Waals surface area contributed by atoms with E-state index >= 15 is 0 Å². The number of benzene rings is 1. The molecule has 0 radical (unpaired) electrons. The van der Waals surface area contributed by atoms with Gasteiger partial charge in [-0.3, -0.25) is 4.79 Å². The van der Waals surface area contributed by atoms with Crippen LogP contribution in [0.15, 0.2) is 23.1 Å². The largest absolute Gasteiger partial charge is 0.489 e. The van der Waals surface area contributed by atoms with Crippen molar-refractivity contribution in [3.05, 3.63) is 39.9 Å². The van der Waals surface area contributed by atoms with E-state index in [0.29, 0.717) is 12.1 Å². The first-order valence-electron chi connectivity index (χ1n) is 8.52. The van der Waals surface area contributed by atoms with E-state index < -0.39 is 17.2 Å². The van der Waals surface area contributed by atoms with Crippen molar-refractivity contribution in [1.29, 1.82) is 0 Å². The zero-order valence-electron chi connectivity index (χ0n) is 14.0. The third-order valence-corrected chi connectivity index (χ3v) is 4.86. The van der Waals surface area contributed by atoms with Crippen LogP contribution in [0.5, 0.6) is 5.75 Å². The molecule has 2 fully saturated rings. The highest BCUT2D eigenvalue weighted by molar-refractivity contribution is 5.93. The van der Waals surface area contributed by atoms with Crippen molar-refractivity contribution in [2.45, 2.75) is 37.8 Å². The molecule has 1 saturated carbocycles. The van der Waals surface area contributed by atoms with Gasteiger partial charge >= 0.3 is 5.97 Å². The van der Waals surface area contributed by atoms with E-state index in [1.54, 1.807) is 4.57 Å². The highest BCUT2D eigenvalue weighted by Gasteiger charge is 2.27. The number of carbonyl (C=O) groups is 1. The predicted molar refractivity (Wildman–Crippen MR) is 97.2 cm³/mol. The van der Waals surface area contributed by atoms with Gasteiger partial charge in [-0.2, -0.15) is 0 Å². The van der Waals surface area contributed by atoms with E-state index in [9.17, 15) is 19.1 Å². The number of rotatable bonds is 5. The van der Waals surface area contributed by atoms with Crippen LogP contribution in [-0.4, -0.2) is 34.8 Å². The third kappa shape index (κ3) is 3.41. The molecule has 140 valence electrons. The van der Waals surface area contributed by atoms with Crippen molar-refractivity contribution in [3.8, 4) is 5.75 Å². The zero-order valence-corrected chi connectivity index (χ0v) is 14.9. The Balaban J connectivity index is 0.00000196. The lowest BCUT2D eigenvalue weighted by Gasteiger charge is -2.16. The van der Waals surface area contributed by atoms with E-state index in [2.05, 4.69) is 5.32 Å². The normalized spacial score (nSPS) is 19.3. The molecule has 2 heterocycles. The Morgan fingerprint density at radius 2 is 2.12 bits per heavy atom. The molecule has 1 aliphatic heterocycles. The first-order valence-corrected chi connectivity index (χ1v) is 8.52. The number of fused-ring (bicyclic) bond motifs is 1. The number of aromatic carboxylic acids is 1. The Morgan fingerprint density at radius 1 is 1.35 bits per heavy atom. The Labute approximate surface area is 155 Å². The van der Waals surface area contributed by atoms with Gasteiger partial charge in [0.2, 0.25) is 5.43 Å². The quantitative estimate of drug-likeness (QED) is 0.831. The average Bonchev–Trinajstić information content (AvgIpc) is 3.29. The van der Waals surface area contributed by atoms with Crippen LogP contribution in [0.2, 0.25) is 0 Å². The Bertz CT molecular complexity index is 904. The number of aromatic nitrogens is 1. The molecule has 4 rings (SSSR count). The maximum Gasteiger partial charge on any atom is 0.341 e. The second-order valence-corrected chi connectivity index (χ2v) is 6.72. The van der Waals surface area contributed by atoms with Crippen molar-refractivity contribution in [3.63, 3.8) is 0 Å². The van der Waals surface area contributed by atoms with Crippen molar-refractivity contribution >= 4 is 29.3 Å². The molecule has 1 aliphatic carbocycles. The summed E-state index contributed by atoms with van der Waals surface area (Å²) in [7, 11) is 0. The van der Waals surface area contributed by atoms with Gasteiger partial charge < -0.3 is 19.7 Å². The van der Waals surface area contributed by atoms with Crippen molar-refractivity contribution < 1.29 is 19.0 Å². The highest BCUT2D eigenvalue weighted by Crippen LogP contribution is 2.38. The summed E-state index contributed by atoms with van der Waals surface area (Å²) in [5.41, 5.74) is -0.474. The Kier molecular flexibility index (Phi) is 5.20. The molecule has 2 N–H and O–H groups in total. The molecule has 1 unspecified atom stereocenters. The van der Waals surface area contributed by atoms with Crippen LogP contribution in [0.25, 0.3) is 10.9 Å². The van der Waals surface area contributed by atoms with Crippen LogP contribution in [0.3, 0.4) is 0 Å². The van der Waals surface area contributed by atoms with E-state index in [0.717, 1.165) is 38.3 Å². The fourth-order valence-corrected chi connectivity index (χ4v) is 3.36. The van der Waals surface area contributed by atoms with Crippen molar-refractivity contribution in [1.82, 2.24) is 9.88 Å². The topological polar surface area (TPSA) is 80.6 Å². The number of nitrogens with one attached hydrogen (secondary N) is 1. The van der Waals surface area contributed by atoms with Gasteiger partial charge in [-0.1, -0.05) is 0 Å². The molecule has 2 aromatic rings. The SMILES string of the molecule is Cl.O=C(O)c1cn(C2CC2)c2cc(OCC3CCCN3)c(F)cc2c1=O. The summed E-state index contributed by atoms with van der Waals surface area (Å²) < 4.78 is 21.8. The number of pyridine rings is 1. The molecule has 0 amide bonds. The number of carboxylic acids is 1. The van der Waals surface area contributed by atoms with Crippen LogP contribution in [-0.2, 0) is 0 Å². The van der Waals surface area contributed by atoms with E-state index in [1.165, 1.54) is 12.3 Å². The minimum absolute atomic E-state index is 0. The zero-order chi connectivity index (χ0) is 17.6. The number of ether oxygens (including phenoxy) is 1. The summed E-state index contributed by atoms with van der Waals surface area (Å²) in [6.45, 7) is 1.30. The summed E-state index contributed by atoms with van der Waals surface area (Å²) in [6.07, 6.45) is 5.26. The summed E-state index contributed by atoms with van der Waals surface area (Å²) >= 11 is 0. The lowest BCUT2D eigenvalue weighted by molar-refractivity contribution is 0.0695. The van der Waals surface area contributed by atoms with Crippen molar-refractivity contribution in [2.75, 3.05) is 13.2 Å². The van der Waals surface area contributed by atoms with Crippen LogP contribution in [0.1, 0.15) is 42.1 Å². The van der Waals surface area contributed by atoms with Crippen LogP contribution >= 0.6 is 12.4 Å². The predicted octanol–water partition coefficient (Wildman–Crippen LogP) is 2.73. The number of halogens is 2. The first-order chi connectivity index (χ1) is 12.0. The summed E-state index contributed by atoms with van der Waals surface area (Å²) in [5, 5.41) is 12.6. The second kappa shape index (κ2) is 7.25. The molecule has 2 aliphatic rings. The first kappa shape index (κ1) is 18.7. The smallest absolute Gasteiger partial charge is 0.341 e. The molecule has 8 heteroatoms. The Hall–Kier alpha value is -2.12. The summed E-state index contributed by atoms with van der Waals surface area (Å²) in [6, 6.07) is 2.97. The lowest BCUT2D eigenvalue weighted by atomic mass is 10.1. The van der Waals surface area contributed by atoms with Gasteiger partial charge in [0.1, 0.15) is 12.2 Å². The monoisotopic (exact) mass is 382 g/mol. The average molecular weight is 383 g/mol. The molecule has 6 nitrogen and oxygen atoms in total. The van der Waals surface area contributed by atoms with Gasteiger partial charge in [-0.25, -0.2) is 9.18 Å². The summed E-state index contributed by atoms with van der Waals surface area (Å²) in [5.74, 6) is -1.85. The van der Waals surface area contributed by atoms with E-state index in [4.69, 9.17) is 4.74 Å². The standard InChI is InChI=1S/C18H19FN2O4.ClH/c19-14-6-12-15(7-16(14)25-9-10-2-1-5-20-10)21(11-3-4-11)8-13(17(12)22)18(23)24;/h6-8,10-11,20H,1-5,9H2,(H,23,24);1H. The minimum Gasteiger partial charge on any atom is -0.489 e. The molecular formula is C18H20ClFN2O4. The van der Waals surface area contributed by atoms with Crippen LogP contribution in [0.4, 0.5) is 4.39 Å². The number of hydrogen-bond donors (Lipinski definition) is 2. The van der Waals surface area contributed by atoms with E-state index in [1.807, 2.05) is 0 Å². The Morgan fingerprint density at radius 3 is 2.73 bits per heavy atom. The van der Waals surface area contributed by atoms with Gasteiger partial charge in [0.05, 0.1) is 5.52 Å². The van der Waals surface area contributed by atoms with E-state index in [-0.39, 0.29) is 41.2 Å². The highest BCUT2D eigenvalue weighted by atomic mass is 35.5. The summed E-state index contributed by atoms with van der Waals surface area (Å²) in [4.78, 5) is 23.7. The molecule has 26 heavy (non-hydrogen) atoms. The maximum absolute atomic E-state index is 14.4. The molecule has 0 spiro atoms. The van der Waals surface area contributed by atoms with Gasteiger partial charge in [0.25, 0.3) is 0 Å². The lowest BCUT2D eigenvalue weighted by Crippen LogP contribution is -2.28. The fraction of sp³-hybridized carbons (Fsp3) is 0.444. The number of hydrogen-bond acceptors (Lipinski definition) is 4. The fourth-order valence-electron chi connectivity index (χ4n) is 3.36. The van der Waals surface area contributed by atoms with Gasteiger partial charge in [0.15, 0.2) is 11.6 Å². The van der Waals surface area contributed by atoms with Crippen LogP contribution in [0, 0.1) is 5.82 Å². The number of carboxylic acid groups (broad SMARTS) is 1. The van der Waals surface area contributed by atoms with Gasteiger partial charge in [-0.15, -0.1) is 12.4 Å². The second-order valence-electron chi connectivity index (χ2n) is 6.72. The molecule has 1 saturated heterocycles. The van der Waals surface area contributed by atoms with Crippen LogP contribution < -0.4 is 15.5 Å². The molecule has 0 bridgehead atoms. The van der Waals surface area contributed by atoms with Gasteiger partial charge in [-0.05, 0) is 38.3 Å². The third-order valence-electron chi connectivity index (χ3n) is 4.86. The maximum atomic E-state index is 14.4. The molecule has 1 atom stereocenters. The molecule has 1 aromatic carbocycles. The van der Waals surface area contributed by atoms with Gasteiger partial charge in [0, 0.05) is 29.7 Å². The molecule has 1 aromatic heterocycles. The molecular weight excluding hydrogens is 363 g/mol. The number of nitrogens with zero attached hydrogens (tertiary/aromatic N) is 1. The minimum atomic E-state index is -1.30.